The molecule has 0 amide bonds. The second kappa shape index (κ2) is 3.68. The molecule has 78 valence electrons. The van der Waals surface area contributed by atoms with Gasteiger partial charge in [0.2, 0.25) is 0 Å². The predicted molar refractivity (Wildman–Crippen MR) is 50.1 cm³/mol. The Bertz CT molecular complexity index is 402. The van der Waals surface area contributed by atoms with Gasteiger partial charge in [0.1, 0.15) is 5.82 Å². The van der Waals surface area contributed by atoms with Gasteiger partial charge < -0.3 is 9.84 Å². The van der Waals surface area contributed by atoms with E-state index in [2.05, 4.69) is 4.99 Å². The summed E-state index contributed by atoms with van der Waals surface area (Å²) in [4.78, 5) is 14.5. The minimum atomic E-state index is -1.06. The highest BCUT2D eigenvalue weighted by atomic mass is 19.1. The van der Waals surface area contributed by atoms with Gasteiger partial charge in [-0.1, -0.05) is 12.1 Å². The van der Waals surface area contributed by atoms with E-state index in [0.29, 0.717) is 5.56 Å². The molecule has 1 aromatic rings. The highest BCUT2D eigenvalue weighted by Crippen LogP contribution is 2.26. The first-order chi connectivity index (χ1) is 7.18. The Morgan fingerprint density at radius 2 is 2.07 bits per heavy atom. The number of rotatable bonds is 2. The summed E-state index contributed by atoms with van der Waals surface area (Å²) in [6.45, 7) is 0. The fraction of sp³-hybridized carbons (Fsp3) is 0.200. The van der Waals surface area contributed by atoms with E-state index in [1.54, 1.807) is 0 Å². The van der Waals surface area contributed by atoms with Gasteiger partial charge in [-0.15, -0.1) is 0 Å². The molecule has 15 heavy (non-hydrogen) atoms. The fourth-order valence-electron chi connectivity index (χ4n) is 1.43. The molecule has 1 aliphatic rings. The van der Waals surface area contributed by atoms with E-state index in [1.807, 2.05) is 0 Å². The fourth-order valence-corrected chi connectivity index (χ4v) is 1.43. The summed E-state index contributed by atoms with van der Waals surface area (Å²) in [7, 11) is 0. The van der Waals surface area contributed by atoms with Crippen LogP contribution in [0.4, 0.5) is 4.39 Å². The molecule has 0 bridgehead atoms. The second-order valence-corrected chi connectivity index (χ2v) is 3.15. The number of carboxylic acid groups (broad SMARTS) is 1. The van der Waals surface area contributed by atoms with Crippen LogP contribution in [-0.4, -0.2) is 23.5 Å². The largest absolute Gasteiger partial charge is 0.480 e. The van der Waals surface area contributed by atoms with Crippen LogP contribution in [0.2, 0.25) is 0 Å². The topological polar surface area (TPSA) is 58.9 Å². The number of ether oxygens (including phenoxy) is 1. The summed E-state index contributed by atoms with van der Waals surface area (Å²) in [5.74, 6) is -1.43. The second-order valence-electron chi connectivity index (χ2n) is 3.15. The lowest BCUT2D eigenvalue weighted by Crippen LogP contribution is -2.23. The number of carboxylic acids is 1. The Balaban J connectivity index is 2.24. The van der Waals surface area contributed by atoms with Crippen molar-refractivity contribution in [3.8, 4) is 0 Å². The van der Waals surface area contributed by atoms with Gasteiger partial charge >= 0.3 is 5.97 Å². The Hall–Kier alpha value is -1.91. The normalized spacial score (nSPS) is 23.8. The zero-order chi connectivity index (χ0) is 10.8. The van der Waals surface area contributed by atoms with Crippen LogP contribution in [0.3, 0.4) is 0 Å². The highest BCUT2D eigenvalue weighted by molar-refractivity contribution is 5.78. The lowest BCUT2D eigenvalue weighted by molar-refractivity contribution is -0.140. The average molecular weight is 209 g/mol. The Kier molecular flexibility index (Phi) is 2.37. The maximum absolute atomic E-state index is 12.6. The molecule has 0 saturated heterocycles. The van der Waals surface area contributed by atoms with Crippen LogP contribution in [0.25, 0.3) is 0 Å². The first kappa shape index (κ1) is 9.64. The van der Waals surface area contributed by atoms with Gasteiger partial charge in [0.05, 0.1) is 0 Å². The number of hydrogen-bond acceptors (Lipinski definition) is 3. The summed E-state index contributed by atoms with van der Waals surface area (Å²) in [6.07, 6.45) is 0.454. The standard InChI is InChI=1S/C10H8FNO3/c11-7-3-1-6(2-4-7)9-8(10(13)14)12-5-15-9/h1-5,8-9H,(H,13,14)/t8-,9+/m1/s1. The van der Waals surface area contributed by atoms with Crippen molar-refractivity contribution in [2.75, 3.05) is 0 Å². The lowest BCUT2D eigenvalue weighted by atomic mass is 10.0. The van der Waals surface area contributed by atoms with E-state index in [9.17, 15) is 9.18 Å². The Morgan fingerprint density at radius 3 is 2.67 bits per heavy atom. The van der Waals surface area contributed by atoms with Crippen molar-refractivity contribution in [3.63, 3.8) is 0 Å². The van der Waals surface area contributed by atoms with Crippen molar-refractivity contribution in [3.05, 3.63) is 35.6 Å². The van der Waals surface area contributed by atoms with E-state index >= 15 is 0 Å². The molecule has 1 N–H and O–H groups in total. The molecule has 0 aromatic heterocycles. The Morgan fingerprint density at radius 1 is 1.40 bits per heavy atom. The quantitative estimate of drug-likeness (QED) is 0.800. The van der Waals surface area contributed by atoms with Crippen LogP contribution >= 0.6 is 0 Å². The van der Waals surface area contributed by atoms with E-state index in [4.69, 9.17) is 9.84 Å². The van der Waals surface area contributed by atoms with Crippen molar-refractivity contribution in [2.45, 2.75) is 12.1 Å². The van der Waals surface area contributed by atoms with Gasteiger partial charge in [-0.3, -0.25) is 0 Å². The third kappa shape index (κ3) is 1.81. The SMILES string of the molecule is O=C(O)[C@@H]1N=CO[C@H]1c1ccc(F)cc1. The smallest absolute Gasteiger partial charge is 0.332 e. The minimum Gasteiger partial charge on any atom is -0.480 e. The van der Waals surface area contributed by atoms with Crippen LogP contribution < -0.4 is 0 Å². The van der Waals surface area contributed by atoms with Crippen molar-refractivity contribution in [2.24, 2.45) is 4.99 Å². The lowest BCUT2D eigenvalue weighted by Gasteiger charge is -2.13. The molecule has 0 unspecified atom stereocenters. The molecule has 0 aliphatic carbocycles. The molecule has 0 radical (unpaired) electrons. The molecule has 0 saturated carbocycles. The summed E-state index contributed by atoms with van der Waals surface area (Å²) < 4.78 is 17.7. The van der Waals surface area contributed by atoms with Crippen molar-refractivity contribution in [1.29, 1.82) is 0 Å². The van der Waals surface area contributed by atoms with E-state index in [0.717, 1.165) is 6.40 Å². The number of nitrogens with zero attached hydrogens (tertiary/aromatic N) is 1. The number of halogens is 1. The average Bonchev–Trinajstić information content (AvgIpc) is 2.67. The van der Waals surface area contributed by atoms with Crippen molar-refractivity contribution in [1.82, 2.24) is 0 Å². The molecule has 0 fully saturated rings. The van der Waals surface area contributed by atoms with Crippen LogP contribution in [0.5, 0.6) is 0 Å². The third-order valence-corrected chi connectivity index (χ3v) is 2.17. The molecular weight excluding hydrogens is 201 g/mol. The molecule has 5 heteroatoms. The first-order valence-electron chi connectivity index (χ1n) is 4.34. The van der Waals surface area contributed by atoms with Gasteiger partial charge in [-0.25, -0.2) is 14.2 Å². The van der Waals surface area contributed by atoms with Crippen LogP contribution in [-0.2, 0) is 9.53 Å². The number of carbonyl (C=O) groups is 1. The molecule has 0 spiro atoms. The summed E-state index contributed by atoms with van der Waals surface area (Å²) in [5.41, 5.74) is 0.598. The maximum atomic E-state index is 12.6. The molecule has 1 aliphatic heterocycles. The molecular formula is C10H8FNO3. The maximum Gasteiger partial charge on any atom is 0.332 e. The highest BCUT2D eigenvalue weighted by Gasteiger charge is 2.33. The van der Waals surface area contributed by atoms with E-state index in [1.165, 1.54) is 24.3 Å². The first-order valence-corrected chi connectivity index (χ1v) is 4.34. The van der Waals surface area contributed by atoms with Gasteiger partial charge in [-0.2, -0.15) is 0 Å². The molecule has 2 rings (SSSR count). The number of hydrogen-bond donors (Lipinski definition) is 1. The summed E-state index contributed by atoms with van der Waals surface area (Å²) >= 11 is 0. The van der Waals surface area contributed by atoms with Crippen molar-refractivity contribution < 1.29 is 19.0 Å². The molecule has 1 heterocycles. The predicted octanol–water partition coefficient (Wildman–Crippen LogP) is 1.38. The number of benzene rings is 1. The number of aliphatic imine (C=N–C) groups is 1. The van der Waals surface area contributed by atoms with E-state index < -0.39 is 18.1 Å². The molecule has 2 atom stereocenters. The summed E-state index contributed by atoms with van der Waals surface area (Å²) in [5, 5.41) is 8.83. The number of aliphatic carboxylic acids is 1. The van der Waals surface area contributed by atoms with Crippen LogP contribution in [0, 0.1) is 5.82 Å². The zero-order valence-electron chi connectivity index (χ0n) is 7.63. The van der Waals surface area contributed by atoms with Crippen LogP contribution in [0.1, 0.15) is 11.7 Å². The van der Waals surface area contributed by atoms with Gasteiger partial charge in [0.15, 0.2) is 18.5 Å². The van der Waals surface area contributed by atoms with Gasteiger partial charge in [0.25, 0.3) is 0 Å². The monoisotopic (exact) mass is 209 g/mol. The molecule has 1 aromatic carbocycles. The van der Waals surface area contributed by atoms with Crippen LogP contribution in [0.15, 0.2) is 29.3 Å². The zero-order valence-corrected chi connectivity index (χ0v) is 7.63. The van der Waals surface area contributed by atoms with Gasteiger partial charge in [0, 0.05) is 0 Å². The van der Waals surface area contributed by atoms with E-state index in [-0.39, 0.29) is 5.82 Å². The summed E-state index contributed by atoms with van der Waals surface area (Å²) in [6, 6.07) is 4.55. The molecule has 4 nitrogen and oxygen atoms in total. The minimum absolute atomic E-state index is 0.371. The van der Waals surface area contributed by atoms with Crippen molar-refractivity contribution >= 4 is 12.4 Å². The van der Waals surface area contributed by atoms with Gasteiger partial charge in [-0.05, 0) is 17.7 Å². The third-order valence-electron chi connectivity index (χ3n) is 2.17. The Labute approximate surface area is 85.0 Å².